The molecule has 0 aliphatic heterocycles. The molecule has 112 valence electrons. The van der Waals surface area contributed by atoms with Gasteiger partial charge in [-0.3, -0.25) is 10.1 Å². The predicted octanol–water partition coefficient (Wildman–Crippen LogP) is 3.68. The third-order valence-electron chi connectivity index (χ3n) is 3.02. The van der Waals surface area contributed by atoms with Gasteiger partial charge in [0.15, 0.2) is 0 Å². The van der Waals surface area contributed by atoms with Crippen LogP contribution < -0.4 is 10.6 Å². The molecule has 0 aliphatic rings. The highest BCUT2D eigenvalue weighted by atomic mass is 35.5. The van der Waals surface area contributed by atoms with Crippen molar-refractivity contribution >= 4 is 17.5 Å². The molecule has 20 heavy (non-hydrogen) atoms. The topological polar surface area (TPSA) is 41.1 Å². The zero-order valence-corrected chi connectivity index (χ0v) is 13.7. The number of hydrogen-bond acceptors (Lipinski definition) is 2. The van der Waals surface area contributed by atoms with Crippen LogP contribution in [0, 0.1) is 0 Å². The highest BCUT2D eigenvalue weighted by Gasteiger charge is 2.21. The van der Waals surface area contributed by atoms with E-state index >= 15 is 0 Å². The van der Waals surface area contributed by atoms with Gasteiger partial charge in [0.2, 0.25) is 5.91 Å². The number of amides is 1. The summed E-state index contributed by atoms with van der Waals surface area (Å²) >= 11 is 5.90. The molecule has 1 amide bonds. The van der Waals surface area contributed by atoms with E-state index in [-0.39, 0.29) is 23.5 Å². The van der Waals surface area contributed by atoms with Crippen molar-refractivity contribution in [2.75, 3.05) is 0 Å². The zero-order valence-electron chi connectivity index (χ0n) is 13.0. The van der Waals surface area contributed by atoms with Crippen LogP contribution in [0.25, 0.3) is 0 Å². The molecule has 0 aliphatic carbocycles. The van der Waals surface area contributed by atoms with Crippen molar-refractivity contribution in [2.24, 2.45) is 0 Å². The van der Waals surface area contributed by atoms with Crippen molar-refractivity contribution in [2.45, 2.75) is 58.7 Å². The van der Waals surface area contributed by atoms with Crippen LogP contribution in [0.2, 0.25) is 5.02 Å². The van der Waals surface area contributed by atoms with Crippen LogP contribution in [0.1, 0.15) is 52.6 Å². The van der Waals surface area contributed by atoms with Gasteiger partial charge in [0.05, 0.1) is 6.04 Å². The Kier molecular flexibility index (Phi) is 6.03. The van der Waals surface area contributed by atoms with E-state index in [1.807, 2.05) is 52.0 Å². The number of hydrogen-bond donors (Lipinski definition) is 2. The fraction of sp³-hybridized carbons (Fsp3) is 0.562. The molecule has 0 heterocycles. The molecule has 2 unspecified atom stereocenters. The molecule has 2 N–H and O–H groups in total. The molecule has 0 spiro atoms. The summed E-state index contributed by atoms with van der Waals surface area (Å²) in [6.45, 7) is 9.93. The molecule has 0 bridgehead atoms. The number of rotatable bonds is 5. The van der Waals surface area contributed by atoms with Gasteiger partial charge < -0.3 is 5.32 Å². The Balaban J connectivity index is 2.68. The SMILES string of the molecule is CCC(NC(C)C(=O)NC(C)(C)C)c1ccc(Cl)cc1. The van der Waals surface area contributed by atoms with Gasteiger partial charge in [-0.15, -0.1) is 0 Å². The first-order valence-corrected chi connectivity index (χ1v) is 7.44. The smallest absolute Gasteiger partial charge is 0.237 e. The van der Waals surface area contributed by atoms with Crippen molar-refractivity contribution in [1.29, 1.82) is 0 Å². The zero-order chi connectivity index (χ0) is 15.3. The normalized spacial score (nSPS) is 14.7. The summed E-state index contributed by atoms with van der Waals surface area (Å²) in [5, 5.41) is 7.08. The van der Waals surface area contributed by atoms with Crippen molar-refractivity contribution in [3.8, 4) is 0 Å². The van der Waals surface area contributed by atoms with Gasteiger partial charge in [-0.25, -0.2) is 0 Å². The van der Waals surface area contributed by atoms with E-state index in [1.54, 1.807) is 0 Å². The number of halogens is 1. The first kappa shape index (κ1) is 17.0. The number of nitrogens with one attached hydrogen (secondary N) is 2. The van der Waals surface area contributed by atoms with Crippen LogP contribution in [0.15, 0.2) is 24.3 Å². The highest BCUT2D eigenvalue weighted by Crippen LogP contribution is 2.19. The van der Waals surface area contributed by atoms with E-state index in [1.165, 1.54) is 0 Å². The molecule has 4 heteroatoms. The average Bonchev–Trinajstić information content (AvgIpc) is 2.34. The summed E-state index contributed by atoms with van der Waals surface area (Å²) < 4.78 is 0. The van der Waals surface area contributed by atoms with Crippen LogP contribution >= 0.6 is 11.6 Å². The van der Waals surface area contributed by atoms with E-state index < -0.39 is 0 Å². The fourth-order valence-corrected chi connectivity index (χ4v) is 2.13. The first-order valence-electron chi connectivity index (χ1n) is 7.06. The maximum atomic E-state index is 12.1. The summed E-state index contributed by atoms with van der Waals surface area (Å²) in [7, 11) is 0. The molecule has 1 rings (SSSR count). The lowest BCUT2D eigenvalue weighted by Crippen LogP contribution is -2.50. The Hall–Kier alpha value is -1.06. The summed E-state index contributed by atoms with van der Waals surface area (Å²) in [6, 6.07) is 7.65. The Labute approximate surface area is 127 Å². The van der Waals surface area contributed by atoms with Crippen LogP contribution in [0.3, 0.4) is 0 Å². The molecule has 0 saturated heterocycles. The van der Waals surface area contributed by atoms with Crippen LogP contribution in [-0.2, 0) is 4.79 Å². The van der Waals surface area contributed by atoms with E-state index in [0.29, 0.717) is 0 Å². The van der Waals surface area contributed by atoms with Gasteiger partial charge in [0.25, 0.3) is 0 Å². The molecule has 0 saturated carbocycles. The lowest BCUT2D eigenvalue weighted by Gasteiger charge is -2.26. The van der Waals surface area contributed by atoms with Crippen molar-refractivity contribution in [3.05, 3.63) is 34.9 Å². The van der Waals surface area contributed by atoms with Crippen LogP contribution in [-0.4, -0.2) is 17.5 Å². The monoisotopic (exact) mass is 296 g/mol. The molecule has 3 nitrogen and oxygen atoms in total. The van der Waals surface area contributed by atoms with E-state index in [9.17, 15) is 4.79 Å². The van der Waals surface area contributed by atoms with Gasteiger partial charge in [0.1, 0.15) is 0 Å². The number of carbonyl (C=O) groups is 1. The maximum Gasteiger partial charge on any atom is 0.237 e. The minimum atomic E-state index is -0.241. The van der Waals surface area contributed by atoms with Gasteiger partial charge in [-0.05, 0) is 51.8 Å². The van der Waals surface area contributed by atoms with E-state index in [4.69, 9.17) is 11.6 Å². The van der Waals surface area contributed by atoms with E-state index in [0.717, 1.165) is 17.0 Å². The van der Waals surface area contributed by atoms with E-state index in [2.05, 4.69) is 17.6 Å². The Morgan fingerprint density at radius 1 is 1.25 bits per heavy atom. The first-order chi connectivity index (χ1) is 9.23. The molecule has 0 aromatic heterocycles. The second-order valence-corrected chi connectivity index (χ2v) is 6.58. The predicted molar refractivity (Wildman–Crippen MR) is 85.0 cm³/mol. The lowest BCUT2D eigenvalue weighted by atomic mass is 10.0. The highest BCUT2D eigenvalue weighted by molar-refractivity contribution is 6.30. The van der Waals surface area contributed by atoms with Crippen molar-refractivity contribution in [1.82, 2.24) is 10.6 Å². The number of carbonyl (C=O) groups excluding carboxylic acids is 1. The minimum absolute atomic E-state index is 0.0184. The Morgan fingerprint density at radius 3 is 2.25 bits per heavy atom. The molecule has 0 radical (unpaired) electrons. The third kappa shape index (κ3) is 5.51. The van der Waals surface area contributed by atoms with Gasteiger partial charge in [-0.2, -0.15) is 0 Å². The van der Waals surface area contributed by atoms with Crippen molar-refractivity contribution in [3.63, 3.8) is 0 Å². The van der Waals surface area contributed by atoms with Gasteiger partial charge in [0, 0.05) is 16.6 Å². The summed E-state index contributed by atoms with van der Waals surface area (Å²) in [4.78, 5) is 12.1. The summed E-state index contributed by atoms with van der Waals surface area (Å²) in [6.07, 6.45) is 0.911. The molecule has 1 aromatic rings. The molecular weight excluding hydrogens is 272 g/mol. The van der Waals surface area contributed by atoms with Gasteiger partial charge in [-0.1, -0.05) is 30.7 Å². The lowest BCUT2D eigenvalue weighted by molar-refractivity contribution is -0.124. The second kappa shape index (κ2) is 7.09. The summed E-state index contributed by atoms with van der Waals surface area (Å²) in [5.74, 6) is 0.0184. The molecular formula is C16H25ClN2O. The minimum Gasteiger partial charge on any atom is -0.350 e. The Morgan fingerprint density at radius 2 is 1.80 bits per heavy atom. The van der Waals surface area contributed by atoms with Crippen LogP contribution in [0.5, 0.6) is 0 Å². The summed E-state index contributed by atoms with van der Waals surface area (Å²) in [5.41, 5.74) is 0.932. The molecule has 2 atom stereocenters. The third-order valence-corrected chi connectivity index (χ3v) is 3.28. The second-order valence-electron chi connectivity index (χ2n) is 6.14. The quantitative estimate of drug-likeness (QED) is 0.870. The number of benzene rings is 1. The largest absolute Gasteiger partial charge is 0.350 e. The maximum absolute atomic E-state index is 12.1. The van der Waals surface area contributed by atoms with Crippen LogP contribution in [0.4, 0.5) is 0 Å². The average molecular weight is 297 g/mol. The standard InChI is InChI=1S/C16H25ClN2O/c1-6-14(12-7-9-13(17)10-8-12)18-11(2)15(20)19-16(3,4)5/h7-11,14,18H,6H2,1-5H3,(H,19,20). The van der Waals surface area contributed by atoms with Crippen molar-refractivity contribution < 1.29 is 4.79 Å². The van der Waals surface area contributed by atoms with Gasteiger partial charge >= 0.3 is 0 Å². The molecule has 1 aromatic carbocycles. The fourth-order valence-electron chi connectivity index (χ4n) is 2.00. The Bertz CT molecular complexity index is 437. The molecule has 0 fully saturated rings.